The van der Waals surface area contributed by atoms with Crippen molar-refractivity contribution in [1.82, 2.24) is 10.7 Å². The molecule has 0 atom stereocenters. The number of benzene rings is 1. The van der Waals surface area contributed by atoms with E-state index in [-0.39, 0.29) is 0 Å². The number of rotatable bonds is 2. The summed E-state index contributed by atoms with van der Waals surface area (Å²) >= 11 is 0. The molecule has 1 rings (SSSR count). The lowest BCUT2D eigenvalue weighted by Crippen LogP contribution is -2.35. The van der Waals surface area contributed by atoms with E-state index in [1.165, 1.54) is 13.3 Å². The van der Waals surface area contributed by atoms with Gasteiger partial charge in [0.25, 0.3) is 0 Å². The third-order valence-corrected chi connectivity index (χ3v) is 1.61. The molecule has 78 valence electrons. The first kappa shape index (κ1) is 10.9. The highest BCUT2D eigenvalue weighted by Gasteiger charge is 2.08. The predicted molar refractivity (Wildman–Crippen MR) is 56.2 cm³/mol. The van der Waals surface area contributed by atoms with Crippen LogP contribution in [0, 0.1) is 0 Å². The van der Waals surface area contributed by atoms with Crippen LogP contribution in [0.5, 0.6) is 0 Å². The largest absolute Gasteiger partial charge is 0.351 e. The average Bonchev–Trinajstić information content (AvgIpc) is 2.29. The van der Waals surface area contributed by atoms with Crippen molar-refractivity contribution in [2.75, 3.05) is 7.05 Å². The van der Waals surface area contributed by atoms with E-state index in [1.54, 1.807) is 0 Å². The normalized spacial score (nSPS) is 9.93. The standard InChI is InChI=1S/C10H11N3O2/c1-11-9(14)10(15)13-12-7-8-5-3-2-4-6-8/h2-7H,1H3,(H,11,14)(H,13,15)/b12-7-. The van der Waals surface area contributed by atoms with Gasteiger partial charge in [0.2, 0.25) is 0 Å². The highest BCUT2D eigenvalue weighted by atomic mass is 16.2. The topological polar surface area (TPSA) is 70.6 Å². The summed E-state index contributed by atoms with van der Waals surface area (Å²) in [5, 5.41) is 5.81. The molecule has 0 aliphatic rings. The van der Waals surface area contributed by atoms with Crippen LogP contribution >= 0.6 is 0 Å². The molecule has 0 saturated heterocycles. The van der Waals surface area contributed by atoms with Gasteiger partial charge < -0.3 is 5.32 Å². The van der Waals surface area contributed by atoms with E-state index in [1.807, 2.05) is 30.3 Å². The van der Waals surface area contributed by atoms with E-state index in [0.29, 0.717) is 0 Å². The van der Waals surface area contributed by atoms with Crippen molar-refractivity contribution in [3.05, 3.63) is 35.9 Å². The van der Waals surface area contributed by atoms with Crippen LogP contribution < -0.4 is 10.7 Å². The average molecular weight is 205 g/mol. The minimum Gasteiger partial charge on any atom is -0.351 e. The second-order valence-electron chi connectivity index (χ2n) is 2.69. The molecule has 0 saturated carbocycles. The van der Waals surface area contributed by atoms with Crippen LogP contribution in [0.15, 0.2) is 35.4 Å². The quantitative estimate of drug-likeness (QED) is 0.401. The maximum absolute atomic E-state index is 10.9. The zero-order valence-corrected chi connectivity index (χ0v) is 8.23. The second kappa shape index (κ2) is 5.54. The van der Waals surface area contributed by atoms with Crippen molar-refractivity contribution < 1.29 is 9.59 Å². The third-order valence-electron chi connectivity index (χ3n) is 1.61. The first-order chi connectivity index (χ1) is 7.24. The van der Waals surface area contributed by atoms with Gasteiger partial charge in [-0.25, -0.2) is 5.43 Å². The molecule has 15 heavy (non-hydrogen) atoms. The molecule has 0 fully saturated rings. The van der Waals surface area contributed by atoms with Crippen LogP contribution in [-0.4, -0.2) is 25.1 Å². The molecule has 5 nitrogen and oxygen atoms in total. The zero-order chi connectivity index (χ0) is 11.1. The summed E-state index contributed by atoms with van der Waals surface area (Å²) in [4.78, 5) is 21.7. The van der Waals surface area contributed by atoms with Crippen LogP contribution in [0.4, 0.5) is 0 Å². The Morgan fingerprint density at radius 3 is 2.47 bits per heavy atom. The molecular weight excluding hydrogens is 194 g/mol. The molecule has 2 amide bonds. The number of hydrogen-bond acceptors (Lipinski definition) is 3. The number of nitrogens with zero attached hydrogens (tertiary/aromatic N) is 1. The maximum atomic E-state index is 10.9. The molecule has 0 spiro atoms. The van der Waals surface area contributed by atoms with Crippen molar-refractivity contribution in [1.29, 1.82) is 0 Å². The second-order valence-corrected chi connectivity index (χ2v) is 2.69. The molecule has 1 aromatic carbocycles. The Hall–Kier alpha value is -2.17. The Labute approximate surface area is 87.2 Å². The molecule has 0 aromatic heterocycles. The van der Waals surface area contributed by atoms with Crippen LogP contribution in [0.1, 0.15) is 5.56 Å². The monoisotopic (exact) mass is 205 g/mol. The van der Waals surface area contributed by atoms with Crippen LogP contribution in [-0.2, 0) is 9.59 Å². The minimum absolute atomic E-state index is 0.722. The highest BCUT2D eigenvalue weighted by molar-refractivity contribution is 6.34. The third kappa shape index (κ3) is 3.60. The number of nitrogens with one attached hydrogen (secondary N) is 2. The molecule has 0 radical (unpaired) electrons. The van der Waals surface area contributed by atoms with E-state index >= 15 is 0 Å². The Bertz CT molecular complexity index is 374. The Balaban J connectivity index is 2.47. The highest BCUT2D eigenvalue weighted by Crippen LogP contribution is 1.92. The van der Waals surface area contributed by atoms with Crippen molar-refractivity contribution in [3.8, 4) is 0 Å². The van der Waals surface area contributed by atoms with Crippen LogP contribution in [0.25, 0.3) is 0 Å². The number of likely N-dealkylation sites (N-methyl/N-ethyl adjacent to an activating group) is 1. The van der Waals surface area contributed by atoms with Gasteiger partial charge >= 0.3 is 11.8 Å². The van der Waals surface area contributed by atoms with E-state index in [2.05, 4.69) is 15.8 Å². The molecular formula is C10H11N3O2. The predicted octanol–water partition coefficient (Wildman–Crippen LogP) is -0.117. The summed E-state index contributed by atoms with van der Waals surface area (Å²) in [5.74, 6) is -1.51. The minimum atomic E-state index is -0.787. The van der Waals surface area contributed by atoms with Crippen molar-refractivity contribution in [2.45, 2.75) is 0 Å². The van der Waals surface area contributed by atoms with Gasteiger partial charge in [0, 0.05) is 7.05 Å². The summed E-state index contributed by atoms with van der Waals surface area (Å²) < 4.78 is 0. The van der Waals surface area contributed by atoms with Gasteiger partial charge in [0.05, 0.1) is 6.21 Å². The van der Waals surface area contributed by atoms with Crippen molar-refractivity contribution in [2.24, 2.45) is 5.10 Å². The SMILES string of the molecule is CNC(=O)C(=O)N/N=C\c1ccccc1. The summed E-state index contributed by atoms with van der Waals surface area (Å²) in [6.45, 7) is 0. The summed E-state index contributed by atoms with van der Waals surface area (Å²) in [6.07, 6.45) is 1.46. The van der Waals surface area contributed by atoms with Crippen LogP contribution in [0.3, 0.4) is 0 Å². The van der Waals surface area contributed by atoms with Gasteiger partial charge in [-0.1, -0.05) is 30.3 Å². The first-order valence-electron chi connectivity index (χ1n) is 4.34. The van der Waals surface area contributed by atoms with Crippen LogP contribution in [0.2, 0.25) is 0 Å². The molecule has 0 bridgehead atoms. The summed E-state index contributed by atoms with van der Waals surface area (Å²) in [6, 6.07) is 9.23. The number of carbonyl (C=O) groups is 2. The maximum Gasteiger partial charge on any atom is 0.329 e. The molecule has 0 unspecified atom stereocenters. The summed E-state index contributed by atoms with van der Waals surface area (Å²) in [7, 11) is 1.38. The lowest BCUT2D eigenvalue weighted by atomic mass is 10.2. The lowest BCUT2D eigenvalue weighted by molar-refractivity contribution is -0.138. The van der Waals surface area contributed by atoms with Gasteiger partial charge in [0.15, 0.2) is 0 Å². The van der Waals surface area contributed by atoms with Gasteiger partial charge in [-0.05, 0) is 5.56 Å². The van der Waals surface area contributed by atoms with Gasteiger partial charge in [-0.2, -0.15) is 5.10 Å². The Kier molecular flexibility index (Phi) is 4.03. The fraction of sp³-hybridized carbons (Fsp3) is 0.100. The smallest absolute Gasteiger partial charge is 0.329 e. The number of hydrogen-bond donors (Lipinski definition) is 2. The van der Waals surface area contributed by atoms with Gasteiger partial charge in [0.1, 0.15) is 0 Å². The molecule has 2 N–H and O–H groups in total. The number of carbonyl (C=O) groups excluding carboxylic acids is 2. The van der Waals surface area contributed by atoms with Gasteiger partial charge in [-0.15, -0.1) is 0 Å². The fourth-order valence-electron chi connectivity index (χ4n) is 0.869. The summed E-state index contributed by atoms with van der Waals surface area (Å²) in [5.41, 5.74) is 2.94. The van der Waals surface area contributed by atoms with Gasteiger partial charge in [-0.3, -0.25) is 9.59 Å². The van der Waals surface area contributed by atoms with Crippen molar-refractivity contribution >= 4 is 18.0 Å². The molecule has 0 aliphatic heterocycles. The zero-order valence-electron chi connectivity index (χ0n) is 8.23. The Morgan fingerprint density at radius 2 is 1.87 bits per heavy atom. The van der Waals surface area contributed by atoms with E-state index < -0.39 is 11.8 Å². The van der Waals surface area contributed by atoms with E-state index in [4.69, 9.17) is 0 Å². The Morgan fingerprint density at radius 1 is 1.20 bits per heavy atom. The number of amides is 2. The fourth-order valence-corrected chi connectivity index (χ4v) is 0.869. The molecule has 0 aliphatic carbocycles. The van der Waals surface area contributed by atoms with Crippen molar-refractivity contribution in [3.63, 3.8) is 0 Å². The number of hydrazone groups is 1. The van der Waals surface area contributed by atoms with E-state index in [9.17, 15) is 9.59 Å². The first-order valence-corrected chi connectivity index (χ1v) is 4.34. The van der Waals surface area contributed by atoms with E-state index in [0.717, 1.165) is 5.56 Å². The lowest BCUT2D eigenvalue weighted by Gasteiger charge is -1.96. The molecule has 0 heterocycles. The molecule has 5 heteroatoms. The molecule has 1 aromatic rings.